The topological polar surface area (TPSA) is 88.3 Å². The van der Waals surface area contributed by atoms with Crippen LogP contribution in [-0.2, 0) is 4.79 Å². The van der Waals surface area contributed by atoms with Gasteiger partial charge < -0.3 is 14.7 Å². The van der Waals surface area contributed by atoms with Gasteiger partial charge in [0.1, 0.15) is 0 Å². The molecule has 0 spiro atoms. The minimum Gasteiger partial charge on any atom is -0.350 e. The van der Waals surface area contributed by atoms with Crippen molar-refractivity contribution in [2.45, 2.75) is 32.2 Å². The third-order valence-corrected chi connectivity index (χ3v) is 5.07. The van der Waals surface area contributed by atoms with Gasteiger partial charge in [-0.3, -0.25) is 9.59 Å². The first-order valence-corrected chi connectivity index (χ1v) is 10.1. The van der Waals surface area contributed by atoms with Crippen molar-refractivity contribution in [1.82, 2.24) is 15.5 Å². The predicted molar refractivity (Wildman–Crippen MR) is 113 cm³/mol. The molecule has 0 radical (unpaired) electrons. The highest BCUT2D eigenvalue weighted by Crippen LogP contribution is 2.32. The number of nitrogens with one attached hydrogen (secondary N) is 1. The fourth-order valence-electron chi connectivity index (χ4n) is 3.43. The molecule has 2 heterocycles. The fraction of sp³-hybridized carbons (Fsp3) is 0.273. The van der Waals surface area contributed by atoms with Crippen LogP contribution in [0.4, 0.5) is 5.69 Å². The number of halogens is 1. The van der Waals surface area contributed by atoms with Crippen molar-refractivity contribution in [2.24, 2.45) is 0 Å². The molecule has 0 saturated carbocycles. The van der Waals surface area contributed by atoms with Crippen LogP contribution in [0.1, 0.15) is 42.4 Å². The van der Waals surface area contributed by atoms with E-state index >= 15 is 0 Å². The molecule has 7 nitrogen and oxygen atoms in total. The van der Waals surface area contributed by atoms with E-state index in [2.05, 4.69) is 15.5 Å². The van der Waals surface area contributed by atoms with Gasteiger partial charge >= 0.3 is 0 Å². The van der Waals surface area contributed by atoms with E-state index in [0.29, 0.717) is 34.4 Å². The monoisotopic (exact) mass is 424 g/mol. The van der Waals surface area contributed by atoms with Gasteiger partial charge in [0.15, 0.2) is 0 Å². The summed E-state index contributed by atoms with van der Waals surface area (Å²) in [7, 11) is 0. The Labute approximate surface area is 179 Å². The molecule has 1 aromatic heterocycles. The van der Waals surface area contributed by atoms with Gasteiger partial charge in [0.2, 0.25) is 17.6 Å². The lowest BCUT2D eigenvalue weighted by molar-refractivity contribution is -0.117. The molecule has 1 fully saturated rings. The molecule has 1 N–H and O–H groups in total. The molecule has 1 atom stereocenters. The van der Waals surface area contributed by atoms with Crippen molar-refractivity contribution in [3.05, 3.63) is 65.0 Å². The van der Waals surface area contributed by atoms with Crippen LogP contribution < -0.4 is 10.2 Å². The standard InChI is InChI=1S/C22H21ClN4O3/c1-13(2)24-21(29)15-6-3-5-14(9-15)20-25-22(30-26-20)16-10-19(28)27(12-16)18-8-4-7-17(23)11-18/h3-9,11,13,16H,10,12H2,1-2H3,(H,24,29)/t16-/m1/s1. The number of carbonyl (C=O) groups excluding carboxylic acids is 2. The molecule has 2 aromatic carbocycles. The molecule has 0 unspecified atom stereocenters. The Balaban J connectivity index is 1.52. The first-order chi connectivity index (χ1) is 14.4. The first-order valence-electron chi connectivity index (χ1n) is 9.71. The summed E-state index contributed by atoms with van der Waals surface area (Å²) in [5.74, 6) is 0.409. The summed E-state index contributed by atoms with van der Waals surface area (Å²) in [6.45, 7) is 4.25. The number of benzene rings is 2. The zero-order valence-corrected chi connectivity index (χ0v) is 17.4. The molecule has 8 heteroatoms. The molecule has 3 aromatic rings. The summed E-state index contributed by atoms with van der Waals surface area (Å²) in [5.41, 5.74) is 1.95. The minimum atomic E-state index is -0.204. The molecule has 0 aliphatic carbocycles. The van der Waals surface area contributed by atoms with Crippen LogP contribution in [0.5, 0.6) is 0 Å². The average Bonchev–Trinajstić information content (AvgIpc) is 3.34. The molecular formula is C22H21ClN4O3. The first kappa shape index (κ1) is 20.1. The van der Waals surface area contributed by atoms with Gasteiger partial charge in [0, 0.05) is 40.8 Å². The van der Waals surface area contributed by atoms with Gasteiger partial charge in [-0.25, -0.2) is 0 Å². The highest BCUT2D eigenvalue weighted by Gasteiger charge is 2.35. The highest BCUT2D eigenvalue weighted by atomic mass is 35.5. The van der Waals surface area contributed by atoms with E-state index in [0.717, 1.165) is 5.69 Å². The number of rotatable bonds is 5. The van der Waals surface area contributed by atoms with E-state index in [1.54, 1.807) is 35.2 Å². The minimum absolute atomic E-state index is 0.0191. The maximum Gasteiger partial charge on any atom is 0.251 e. The molecule has 0 bridgehead atoms. The smallest absolute Gasteiger partial charge is 0.251 e. The molecule has 4 rings (SSSR count). The second-order valence-electron chi connectivity index (χ2n) is 7.55. The Morgan fingerprint density at radius 2 is 2.03 bits per heavy atom. The van der Waals surface area contributed by atoms with Crippen LogP contribution >= 0.6 is 11.6 Å². The number of amides is 2. The highest BCUT2D eigenvalue weighted by molar-refractivity contribution is 6.30. The van der Waals surface area contributed by atoms with Gasteiger partial charge in [0.05, 0.1) is 5.92 Å². The molecule has 1 aliphatic heterocycles. The van der Waals surface area contributed by atoms with Crippen LogP contribution in [0, 0.1) is 0 Å². The van der Waals surface area contributed by atoms with E-state index in [1.165, 1.54) is 0 Å². The summed E-state index contributed by atoms with van der Waals surface area (Å²) in [6, 6.07) is 14.3. The summed E-state index contributed by atoms with van der Waals surface area (Å²) in [6.07, 6.45) is 0.283. The number of nitrogens with zero attached hydrogens (tertiary/aromatic N) is 3. The van der Waals surface area contributed by atoms with Gasteiger partial charge in [-0.15, -0.1) is 0 Å². The second-order valence-corrected chi connectivity index (χ2v) is 7.99. The van der Waals surface area contributed by atoms with E-state index in [9.17, 15) is 9.59 Å². The van der Waals surface area contributed by atoms with Crippen molar-refractivity contribution < 1.29 is 14.1 Å². The van der Waals surface area contributed by atoms with Crippen LogP contribution in [0.15, 0.2) is 53.1 Å². The Morgan fingerprint density at radius 1 is 1.23 bits per heavy atom. The fourth-order valence-corrected chi connectivity index (χ4v) is 3.61. The quantitative estimate of drug-likeness (QED) is 0.667. The van der Waals surface area contributed by atoms with Crippen LogP contribution in [0.2, 0.25) is 5.02 Å². The second kappa shape index (κ2) is 8.28. The molecular weight excluding hydrogens is 404 g/mol. The van der Waals surface area contributed by atoms with Gasteiger partial charge in [-0.1, -0.05) is 35.0 Å². The average molecular weight is 425 g/mol. The van der Waals surface area contributed by atoms with Crippen LogP contribution in [-0.4, -0.2) is 34.5 Å². The van der Waals surface area contributed by atoms with Gasteiger partial charge in [-0.2, -0.15) is 4.98 Å². The Kier molecular flexibility index (Phi) is 5.55. The van der Waals surface area contributed by atoms with Crippen LogP contribution in [0.3, 0.4) is 0 Å². The van der Waals surface area contributed by atoms with E-state index in [1.807, 2.05) is 32.0 Å². The summed E-state index contributed by atoms with van der Waals surface area (Å²) >= 11 is 6.05. The number of hydrogen-bond acceptors (Lipinski definition) is 5. The van der Waals surface area contributed by atoms with Crippen molar-refractivity contribution in [3.8, 4) is 11.4 Å². The predicted octanol–water partition coefficient (Wildman–Crippen LogP) is 4.05. The number of hydrogen-bond donors (Lipinski definition) is 1. The number of anilines is 1. The zero-order chi connectivity index (χ0) is 21.3. The Hall–Kier alpha value is -3.19. The van der Waals surface area contributed by atoms with E-state index in [-0.39, 0.29) is 30.2 Å². The van der Waals surface area contributed by atoms with Crippen molar-refractivity contribution in [3.63, 3.8) is 0 Å². The molecule has 1 aliphatic rings. The lowest BCUT2D eigenvalue weighted by Gasteiger charge is -2.16. The summed E-state index contributed by atoms with van der Waals surface area (Å²) < 4.78 is 5.46. The van der Waals surface area contributed by atoms with Crippen molar-refractivity contribution in [2.75, 3.05) is 11.4 Å². The number of carbonyl (C=O) groups is 2. The molecule has 30 heavy (non-hydrogen) atoms. The van der Waals surface area contributed by atoms with Crippen molar-refractivity contribution >= 4 is 29.1 Å². The third kappa shape index (κ3) is 4.21. The SMILES string of the molecule is CC(C)NC(=O)c1cccc(-c2noc([C@@H]3CC(=O)N(c4cccc(Cl)c4)C3)n2)c1. The number of aromatic nitrogens is 2. The maximum atomic E-state index is 12.5. The lowest BCUT2D eigenvalue weighted by Crippen LogP contribution is -2.30. The summed E-state index contributed by atoms with van der Waals surface area (Å²) in [5, 5.41) is 7.50. The Bertz CT molecular complexity index is 1100. The maximum absolute atomic E-state index is 12.5. The van der Waals surface area contributed by atoms with E-state index in [4.69, 9.17) is 16.1 Å². The van der Waals surface area contributed by atoms with Gasteiger partial charge in [0.25, 0.3) is 5.91 Å². The normalized spacial score (nSPS) is 16.3. The van der Waals surface area contributed by atoms with Crippen molar-refractivity contribution in [1.29, 1.82) is 0 Å². The lowest BCUT2D eigenvalue weighted by atomic mass is 10.1. The van der Waals surface area contributed by atoms with Gasteiger partial charge in [-0.05, 0) is 44.2 Å². The zero-order valence-electron chi connectivity index (χ0n) is 16.6. The largest absolute Gasteiger partial charge is 0.350 e. The molecule has 2 amide bonds. The summed E-state index contributed by atoms with van der Waals surface area (Å²) in [4.78, 5) is 30.9. The van der Waals surface area contributed by atoms with E-state index < -0.39 is 0 Å². The Morgan fingerprint density at radius 3 is 2.80 bits per heavy atom. The molecule has 1 saturated heterocycles. The third-order valence-electron chi connectivity index (χ3n) is 4.84. The molecule has 154 valence electrons. The van der Waals surface area contributed by atoms with Crippen LogP contribution in [0.25, 0.3) is 11.4 Å².